The predicted octanol–water partition coefficient (Wildman–Crippen LogP) is 4.29. The molecule has 0 radical (unpaired) electrons. The van der Waals surface area contributed by atoms with Gasteiger partial charge in [0, 0.05) is 24.7 Å². The first-order valence-electron chi connectivity index (χ1n) is 10.6. The van der Waals surface area contributed by atoms with Crippen molar-refractivity contribution in [1.29, 1.82) is 0 Å². The second kappa shape index (κ2) is 9.73. The average molecular weight is 393 g/mol. The predicted molar refractivity (Wildman–Crippen MR) is 117 cm³/mol. The van der Waals surface area contributed by atoms with Gasteiger partial charge in [0.1, 0.15) is 0 Å². The fraction of sp³-hybridized carbons (Fsp3) is 0.440. The Kier molecular flexibility index (Phi) is 7.08. The lowest BCUT2D eigenvalue weighted by atomic mass is 9.95. The highest BCUT2D eigenvalue weighted by Crippen LogP contribution is 2.20. The molecule has 0 aliphatic carbocycles. The van der Waals surface area contributed by atoms with Crippen LogP contribution in [0.5, 0.6) is 0 Å². The third-order valence-electron chi connectivity index (χ3n) is 5.65. The number of nitrogens with one attached hydrogen (secondary N) is 1. The smallest absolute Gasteiger partial charge is 0.253 e. The Morgan fingerprint density at radius 2 is 1.79 bits per heavy atom. The number of amides is 2. The summed E-state index contributed by atoms with van der Waals surface area (Å²) in [5, 5.41) is 3.16. The van der Waals surface area contributed by atoms with Gasteiger partial charge in [-0.1, -0.05) is 47.5 Å². The molecule has 1 fully saturated rings. The van der Waals surface area contributed by atoms with E-state index in [2.05, 4.69) is 30.4 Å². The molecular weight excluding hydrogens is 360 g/mol. The Morgan fingerprint density at radius 3 is 2.48 bits per heavy atom. The topological polar surface area (TPSA) is 49.4 Å². The number of rotatable bonds is 6. The molecule has 2 aromatic rings. The molecule has 1 N–H and O–H groups in total. The summed E-state index contributed by atoms with van der Waals surface area (Å²) in [7, 11) is 0. The van der Waals surface area contributed by atoms with E-state index in [0.29, 0.717) is 6.54 Å². The van der Waals surface area contributed by atoms with E-state index in [0.717, 1.165) is 48.9 Å². The van der Waals surface area contributed by atoms with Crippen molar-refractivity contribution in [1.82, 2.24) is 10.2 Å². The third kappa shape index (κ3) is 5.93. The summed E-state index contributed by atoms with van der Waals surface area (Å²) in [6, 6.07) is 16.4. The molecule has 1 saturated heterocycles. The Morgan fingerprint density at radius 1 is 1.10 bits per heavy atom. The van der Waals surface area contributed by atoms with Crippen LogP contribution in [0, 0.1) is 19.8 Å². The maximum Gasteiger partial charge on any atom is 0.253 e. The van der Waals surface area contributed by atoms with E-state index < -0.39 is 0 Å². The van der Waals surface area contributed by atoms with Crippen molar-refractivity contribution in [3.8, 4) is 0 Å². The number of hydrogen-bond acceptors (Lipinski definition) is 2. The zero-order valence-corrected chi connectivity index (χ0v) is 17.8. The number of carbonyl (C=O) groups is 2. The van der Waals surface area contributed by atoms with Crippen LogP contribution in [0.25, 0.3) is 0 Å². The van der Waals surface area contributed by atoms with Crippen molar-refractivity contribution in [2.24, 2.45) is 5.92 Å². The lowest BCUT2D eigenvalue weighted by Gasteiger charge is -2.33. The number of likely N-dealkylation sites (tertiary alicyclic amines) is 1. The standard InChI is InChI=1S/C25H32N2O2/c1-18-14-19(2)16-23(15-18)25(29)27-13-7-10-22(17-27)24(28)26-20(3)11-12-21-8-5-4-6-9-21/h4-6,8-9,14-16,20,22H,7,10-13,17H2,1-3H3,(H,26,28). The summed E-state index contributed by atoms with van der Waals surface area (Å²) in [6.07, 6.45) is 3.57. The maximum atomic E-state index is 12.9. The Labute approximate surface area is 174 Å². The molecule has 4 nitrogen and oxygen atoms in total. The van der Waals surface area contributed by atoms with Gasteiger partial charge < -0.3 is 10.2 Å². The summed E-state index contributed by atoms with van der Waals surface area (Å²) < 4.78 is 0. The lowest BCUT2D eigenvalue weighted by Crippen LogP contribution is -2.47. The second-order valence-corrected chi connectivity index (χ2v) is 8.40. The van der Waals surface area contributed by atoms with Crippen LogP contribution in [0.3, 0.4) is 0 Å². The monoisotopic (exact) mass is 392 g/mol. The summed E-state index contributed by atoms with van der Waals surface area (Å²) in [5.41, 5.74) is 4.19. The molecule has 4 heteroatoms. The molecule has 2 aromatic carbocycles. The lowest BCUT2D eigenvalue weighted by molar-refractivity contribution is -0.127. The highest BCUT2D eigenvalue weighted by Gasteiger charge is 2.29. The number of carbonyl (C=O) groups excluding carboxylic acids is 2. The number of nitrogens with zero attached hydrogens (tertiary/aromatic N) is 1. The largest absolute Gasteiger partial charge is 0.353 e. The number of hydrogen-bond donors (Lipinski definition) is 1. The van der Waals surface area contributed by atoms with E-state index in [4.69, 9.17) is 0 Å². The molecule has 29 heavy (non-hydrogen) atoms. The first-order valence-corrected chi connectivity index (χ1v) is 10.6. The van der Waals surface area contributed by atoms with Crippen LogP contribution in [-0.2, 0) is 11.2 Å². The van der Waals surface area contributed by atoms with Crippen molar-refractivity contribution in [2.45, 2.75) is 52.5 Å². The molecule has 1 heterocycles. The quantitative estimate of drug-likeness (QED) is 0.797. The van der Waals surface area contributed by atoms with Gasteiger partial charge in [0.05, 0.1) is 5.92 Å². The van der Waals surface area contributed by atoms with Crippen LogP contribution in [0.15, 0.2) is 48.5 Å². The van der Waals surface area contributed by atoms with Crippen LogP contribution < -0.4 is 5.32 Å². The molecule has 0 aromatic heterocycles. The SMILES string of the molecule is Cc1cc(C)cc(C(=O)N2CCCC(C(=O)NC(C)CCc3ccccc3)C2)c1. The Hall–Kier alpha value is -2.62. The number of aryl methyl sites for hydroxylation is 3. The van der Waals surface area contributed by atoms with Crippen molar-refractivity contribution in [3.05, 3.63) is 70.8 Å². The van der Waals surface area contributed by atoms with Gasteiger partial charge >= 0.3 is 0 Å². The second-order valence-electron chi connectivity index (χ2n) is 8.40. The Bertz CT molecular complexity index is 827. The minimum Gasteiger partial charge on any atom is -0.353 e. The summed E-state index contributed by atoms with van der Waals surface area (Å²) in [6.45, 7) is 7.30. The zero-order chi connectivity index (χ0) is 20.8. The van der Waals surface area contributed by atoms with E-state index in [-0.39, 0.29) is 23.8 Å². The maximum absolute atomic E-state index is 12.9. The van der Waals surface area contributed by atoms with Gasteiger partial charge in [-0.15, -0.1) is 0 Å². The molecule has 1 aliphatic rings. The molecule has 1 aliphatic heterocycles. The van der Waals surface area contributed by atoms with Gasteiger partial charge in [-0.2, -0.15) is 0 Å². The minimum absolute atomic E-state index is 0.0337. The van der Waals surface area contributed by atoms with Gasteiger partial charge in [0.2, 0.25) is 5.91 Å². The summed E-state index contributed by atoms with van der Waals surface area (Å²) in [5.74, 6) is -0.0207. The minimum atomic E-state index is -0.127. The van der Waals surface area contributed by atoms with Crippen LogP contribution in [0.4, 0.5) is 0 Å². The van der Waals surface area contributed by atoms with Gasteiger partial charge in [-0.25, -0.2) is 0 Å². The van der Waals surface area contributed by atoms with Crippen molar-refractivity contribution in [3.63, 3.8) is 0 Å². The molecule has 0 bridgehead atoms. The molecule has 3 rings (SSSR count). The third-order valence-corrected chi connectivity index (χ3v) is 5.65. The van der Waals surface area contributed by atoms with Crippen LogP contribution in [0.2, 0.25) is 0 Å². The van der Waals surface area contributed by atoms with E-state index in [1.807, 2.05) is 49.1 Å². The fourth-order valence-corrected chi connectivity index (χ4v) is 4.12. The van der Waals surface area contributed by atoms with Gasteiger partial charge in [-0.05, 0) is 64.2 Å². The molecule has 0 spiro atoms. The summed E-state index contributed by atoms with van der Waals surface area (Å²) >= 11 is 0. The van der Waals surface area contributed by atoms with Crippen LogP contribution in [0.1, 0.15) is 53.2 Å². The fourth-order valence-electron chi connectivity index (χ4n) is 4.12. The van der Waals surface area contributed by atoms with E-state index in [1.165, 1.54) is 5.56 Å². The first-order chi connectivity index (χ1) is 13.9. The normalized spacial score (nSPS) is 17.6. The van der Waals surface area contributed by atoms with Crippen LogP contribution in [-0.4, -0.2) is 35.8 Å². The molecule has 2 unspecified atom stereocenters. The van der Waals surface area contributed by atoms with Crippen molar-refractivity contribution >= 4 is 11.8 Å². The number of piperidine rings is 1. The summed E-state index contributed by atoms with van der Waals surface area (Å²) in [4.78, 5) is 27.6. The molecule has 2 atom stereocenters. The molecular formula is C25H32N2O2. The first kappa shape index (κ1) is 21.1. The zero-order valence-electron chi connectivity index (χ0n) is 17.8. The van der Waals surface area contributed by atoms with Crippen molar-refractivity contribution in [2.75, 3.05) is 13.1 Å². The van der Waals surface area contributed by atoms with Crippen molar-refractivity contribution < 1.29 is 9.59 Å². The van der Waals surface area contributed by atoms with E-state index in [1.54, 1.807) is 0 Å². The Balaban J connectivity index is 1.54. The van der Waals surface area contributed by atoms with Gasteiger partial charge in [0.15, 0.2) is 0 Å². The average Bonchev–Trinajstić information content (AvgIpc) is 2.72. The van der Waals surface area contributed by atoms with Gasteiger partial charge in [0.25, 0.3) is 5.91 Å². The van der Waals surface area contributed by atoms with E-state index >= 15 is 0 Å². The highest BCUT2D eigenvalue weighted by atomic mass is 16.2. The van der Waals surface area contributed by atoms with Gasteiger partial charge in [-0.3, -0.25) is 9.59 Å². The molecule has 0 saturated carbocycles. The number of benzene rings is 2. The van der Waals surface area contributed by atoms with E-state index in [9.17, 15) is 9.59 Å². The molecule has 2 amide bonds. The highest BCUT2D eigenvalue weighted by molar-refractivity contribution is 5.95. The van der Waals surface area contributed by atoms with Crippen LogP contribution >= 0.6 is 0 Å². The molecule has 154 valence electrons.